The zero-order valence-corrected chi connectivity index (χ0v) is 11.8. The van der Waals surface area contributed by atoms with Gasteiger partial charge >= 0.3 is 5.97 Å². The Morgan fingerprint density at radius 2 is 2.11 bits per heavy atom. The molecule has 1 fully saturated rings. The lowest BCUT2D eigenvalue weighted by atomic mass is 9.96. The van der Waals surface area contributed by atoms with E-state index in [2.05, 4.69) is 12.1 Å². The number of esters is 1. The first-order valence-electron chi connectivity index (χ1n) is 6.49. The smallest absolute Gasteiger partial charge is 0.302 e. The van der Waals surface area contributed by atoms with Crippen molar-refractivity contribution in [1.82, 2.24) is 0 Å². The van der Waals surface area contributed by atoms with Crippen molar-refractivity contribution in [2.45, 2.75) is 43.3 Å². The lowest BCUT2D eigenvalue weighted by Crippen LogP contribution is -2.35. The Kier molecular flexibility index (Phi) is 5.02. The van der Waals surface area contributed by atoms with Crippen LogP contribution in [0.15, 0.2) is 30.3 Å². The van der Waals surface area contributed by atoms with Gasteiger partial charge in [0.15, 0.2) is 0 Å². The van der Waals surface area contributed by atoms with E-state index in [0.29, 0.717) is 19.3 Å². The normalized spacial score (nSPS) is 23.1. The molecule has 1 aromatic rings. The second-order valence-electron chi connectivity index (χ2n) is 4.76. The van der Waals surface area contributed by atoms with E-state index in [9.17, 15) is 9.59 Å². The summed E-state index contributed by atoms with van der Waals surface area (Å²) in [5, 5.41) is 0.0883. The molecule has 19 heavy (non-hydrogen) atoms. The molecule has 2 atom stereocenters. The van der Waals surface area contributed by atoms with E-state index in [4.69, 9.17) is 4.74 Å². The monoisotopic (exact) mass is 278 g/mol. The van der Waals surface area contributed by atoms with E-state index < -0.39 is 0 Å². The molecule has 0 aliphatic heterocycles. The Balaban J connectivity index is 1.94. The maximum Gasteiger partial charge on any atom is 0.302 e. The number of carbonyl (C=O) groups excluding carboxylic acids is 2. The first kappa shape index (κ1) is 14.1. The minimum atomic E-state index is -0.260. The zero-order valence-electron chi connectivity index (χ0n) is 11.0. The van der Waals surface area contributed by atoms with Gasteiger partial charge < -0.3 is 4.74 Å². The summed E-state index contributed by atoms with van der Waals surface area (Å²) < 4.78 is 5.33. The Morgan fingerprint density at radius 3 is 2.79 bits per heavy atom. The molecule has 0 saturated heterocycles. The summed E-state index contributed by atoms with van der Waals surface area (Å²) in [7, 11) is 0. The molecule has 4 heteroatoms. The second kappa shape index (κ2) is 6.75. The summed E-state index contributed by atoms with van der Waals surface area (Å²) in [6.45, 7) is 1.43. The molecule has 0 bridgehead atoms. The van der Waals surface area contributed by atoms with Crippen molar-refractivity contribution in [2.75, 3.05) is 0 Å². The van der Waals surface area contributed by atoms with Gasteiger partial charge in [0.2, 0.25) is 0 Å². The van der Waals surface area contributed by atoms with Gasteiger partial charge in [-0.05, 0) is 12.0 Å². The third-order valence-electron chi connectivity index (χ3n) is 3.18. The summed E-state index contributed by atoms with van der Waals surface area (Å²) in [5.74, 6) is 0.856. The fourth-order valence-electron chi connectivity index (χ4n) is 2.24. The van der Waals surface area contributed by atoms with Crippen LogP contribution < -0.4 is 0 Å². The van der Waals surface area contributed by atoms with Crippen molar-refractivity contribution in [2.24, 2.45) is 0 Å². The van der Waals surface area contributed by atoms with Gasteiger partial charge in [0, 0.05) is 30.8 Å². The Labute approximate surface area is 117 Å². The van der Waals surface area contributed by atoms with Crippen LogP contribution in [0.2, 0.25) is 0 Å². The number of carbonyl (C=O) groups is 2. The van der Waals surface area contributed by atoms with Crippen LogP contribution >= 0.6 is 11.8 Å². The molecule has 102 valence electrons. The van der Waals surface area contributed by atoms with Crippen LogP contribution in [0.3, 0.4) is 0 Å². The molecule has 1 saturated carbocycles. The number of Topliss-reactive ketones (excluding diaryl/α,β-unsaturated/α-hetero) is 1. The molecule has 0 radical (unpaired) electrons. The summed E-state index contributed by atoms with van der Waals surface area (Å²) in [5.41, 5.74) is 1.23. The van der Waals surface area contributed by atoms with Crippen molar-refractivity contribution in [3.05, 3.63) is 35.9 Å². The highest BCUT2D eigenvalue weighted by molar-refractivity contribution is 7.99. The number of thioether (sulfide) groups is 1. The van der Waals surface area contributed by atoms with Crippen LogP contribution in [0, 0.1) is 0 Å². The average molecular weight is 278 g/mol. The molecule has 0 amide bonds. The number of ketones is 1. The van der Waals surface area contributed by atoms with Gasteiger partial charge in [-0.3, -0.25) is 9.59 Å². The van der Waals surface area contributed by atoms with Crippen molar-refractivity contribution in [1.29, 1.82) is 0 Å². The predicted octanol–water partition coefficient (Wildman–Crippen LogP) is 2.97. The lowest BCUT2D eigenvalue weighted by Gasteiger charge is -2.29. The Bertz CT molecular complexity index is 444. The minimum Gasteiger partial charge on any atom is -0.461 e. The van der Waals surface area contributed by atoms with Gasteiger partial charge in [0.25, 0.3) is 0 Å². The highest BCUT2D eigenvalue weighted by atomic mass is 32.2. The maximum absolute atomic E-state index is 11.6. The molecule has 1 aromatic carbocycles. The standard InChI is InChI=1S/C15H18O3S/c1-11(16)18-14-8-7-13(17)9-15(14)19-10-12-5-3-2-4-6-12/h2-6,14-15H,7-10H2,1H3/t14-,15+/m1/s1. The van der Waals surface area contributed by atoms with Crippen LogP contribution in [-0.4, -0.2) is 23.1 Å². The Morgan fingerprint density at radius 1 is 1.37 bits per heavy atom. The Hall–Kier alpha value is -1.29. The molecule has 0 heterocycles. The fourth-order valence-corrected chi connectivity index (χ4v) is 3.55. The summed E-state index contributed by atoms with van der Waals surface area (Å²) in [6, 6.07) is 10.1. The largest absolute Gasteiger partial charge is 0.461 e. The third kappa shape index (κ3) is 4.39. The number of hydrogen-bond donors (Lipinski definition) is 0. The van der Waals surface area contributed by atoms with Crippen LogP contribution in [0.25, 0.3) is 0 Å². The molecule has 0 unspecified atom stereocenters. The molecule has 2 rings (SSSR count). The zero-order chi connectivity index (χ0) is 13.7. The van der Waals surface area contributed by atoms with Crippen LogP contribution in [0.1, 0.15) is 31.7 Å². The van der Waals surface area contributed by atoms with Crippen molar-refractivity contribution >= 4 is 23.5 Å². The van der Waals surface area contributed by atoms with Gasteiger partial charge in [-0.2, -0.15) is 0 Å². The number of benzene rings is 1. The van der Waals surface area contributed by atoms with E-state index in [0.717, 1.165) is 5.75 Å². The lowest BCUT2D eigenvalue weighted by molar-refractivity contribution is -0.148. The van der Waals surface area contributed by atoms with E-state index in [1.165, 1.54) is 12.5 Å². The molecule has 0 aromatic heterocycles. The van der Waals surface area contributed by atoms with Crippen molar-refractivity contribution in [3.8, 4) is 0 Å². The van der Waals surface area contributed by atoms with Gasteiger partial charge in [-0.25, -0.2) is 0 Å². The van der Waals surface area contributed by atoms with E-state index in [-0.39, 0.29) is 23.1 Å². The first-order valence-corrected chi connectivity index (χ1v) is 7.54. The number of rotatable bonds is 4. The minimum absolute atomic E-state index is 0.0883. The van der Waals surface area contributed by atoms with E-state index in [1.807, 2.05) is 18.2 Å². The topological polar surface area (TPSA) is 43.4 Å². The molecule has 1 aliphatic carbocycles. The summed E-state index contributed by atoms with van der Waals surface area (Å²) in [4.78, 5) is 22.7. The van der Waals surface area contributed by atoms with E-state index >= 15 is 0 Å². The van der Waals surface area contributed by atoms with Crippen molar-refractivity contribution < 1.29 is 14.3 Å². The first-order chi connectivity index (χ1) is 9.15. The molecule has 1 aliphatic rings. The molecule has 0 spiro atoms. The van der Waals surface area contributed by atoms with Gasteiger partial charge in [-0.15, -0.1) is 11.8 Å². The SMILES string of the molecule is CC(=O)O[C@@H]1CCC(=O)C[C@@H]1SCc1ccccc1. The van der Waals surface area contributed by atoms with Gasteiger partial charge in [0.05, 0.1) is 0 Å². The average Bonchev–Trinajstić information content (AvgIpc) is 2.40. The number of hydrogen-bond acceptors (Lipinski definition) is 4. The highest BCUT2D eigenvalue weighted by Gasteiger charge is 2.31. The molecular formula is C15H18O3S. The highest BCUT2D eigenvalue weighted by Crippen LogP contribution is 2.31. The molecular weight excluding hydrogens is 260 g/mol. The maximum atomic E-state index is 11.6. The summed E-state index contributed by atoms with van der Waals surface area (Å²) in [6.07, 6.45) is 1.57. The fraction of sp³-hybridized carbons (Fsp3) is 0.467. The van der Waals surface area contributed by atoms with Crippen molar-refractivity contribution in [3.63, 3.8) is 0 Å². The number of ether oxygens (including phenoxy) is 1. The van der Waals surface area contributed by atoms with Gasteiger partial charge in [0.1, 0.15) is 11.9 Å². The quantitative estimate of drug-likeness (QED) is 0.794. The summed E-state index contributed by atoms with van der Waals surface area (Å²) >= 11 is 1.71. The predicted molar refractivity (Wildman–Crippen MR) is 75.9 cm³/mol. The second-order valence-corrected chi connectivity index (χ2v) is 5.99. The molecule has 3 nitrogen and oxygen atoms in total. The van der Waals surface area contributed by atoms with Crippen LogP contribution in [-0.2, 0) is 20.1 Å². The van der Waals surface area contributed by atoms with E-state index in [1.54, 1.807) is 11.8 Å². The van der Waals surface area contributed by atoms with Crippen LogP contribution in [0.5, 0.6) is 0 Å². The van der Waals surface area contributed by atoms with Gasteiger partial charge in [-0.1, -0.05) is 30.3 Å². The van der Waals surface area contributed by atoms with Crippen LogP contribution in [0.4, 0.5) is 0 Å². The molecule has 0 N–H and O–H groups in total. The third-order valence-corrected chi connectivity index (χ3v) is 4.57.